The van der Waals surface area contributed by atoms with Crippen molar-refractivity contribution in [3.8, 4) is 0 Å². The molecule has 0 saturated carbocycles. The highest BCUT2D eigenvalue weighted by Crippen LogP contribution is 2.12. The van der Waals surface area contributed by atoms with Crippen LogP contribution in [-0.2, 0) is 4.79 Å². The summed E-state index contributed by atoms with van der Waals surface area (Å²) in [5.74, 6) is 0.783. The molecule has 1 heterocycles. The first-order valence-electron chi connectivity index (χ1n) is 4.77. The molecule has 0 aromatic carbocycles. The van der Waals surface area contributed by atoms with Gasteiger partial charge >= 0.3 is 0 Å². The van der Waals surface area contributed by atoms with Crippen LogP contribution in [0.25, 0.3) is 0 Å². The molecule has 78 valence electrons. The number of hydrogen-bond acceptors (Lipinski definition) is 3. The highest BCUT2D eigenvalue weighted by atomic mass is 16.3. The third-order valence-corrected chi connectivity index (χ3v) is 1.96. The molecular weight excluding hydrogens is 180 g/mol. The van der Waals surface area contributed by atoms with Gasteiger partial charge in [-0.05, 0) is 32.0 Å². The van der Waals surface area contributed by atoms with Crippen molar-refractivity contribution in [3.63, 3.8) is 0 Å². The van der Waals surface area contributed by atoms with Gasteiger partial charge in [-0.15, -0.1) is 0 Å². The van der Waals surface area contributed by atoms with Crippen LogP contribution in [0.4, 0.5) is 0 Å². The number of amides is 1. The topological polar surface area (TPSA) is 68.3 Å². The minimum Gasteiger partial charge on any atom is -0.467 e. The second-order valence-corrected chi connectivity index (χ2v) is 3.20. The fourth-order valence-electron chi connectivity index (χ4n) is 1.19. The molecule has 4 nitrogen and oxygen atoms in total. The molecular formula is C10H16N2O2. The van der Waals surface area contributed by atoms with E-state index in [0.717, 1.165) is 12.2 Å². The van der Waals surface area contributed by atoms with Crippen LogP contribution in [-0.4, -0.2) is 12.5 Å². The van der Waals surface area contributed by atoms with Crippen molar-refractivity contribution in [1.82, 2.24) is 5.32 Å². The first kappa shape index (κ1) is 10.8. The first-order valence-corrected chi connectivity index (χ1v) is 4.77. The van der Waals surface area contributed by atoms with E-state index in [2.05, 4.69) is 5.32 Å². The zero-order valence-corrected chi connectivity index (χ0v) is 8.32. The molecule has 14 heavy (non-hydrogen) atoms. The summed E-state index contributed by atoms with van der Waals surface area (Å²) in [5.41, 5.74) is 5.30. The van der Waals surface area contributed by atoms with Crippen LogP contribution >= 0.6 is 0 Å². The fraction of sp³-hybridized carbons (Fsp3) is 0.500. The van der Waals surface area contributed by atoms with Gasteiger partial charge in [0, 0.05) is 6.42 Å². The molecule has 0 fully saturated rings. The van der Waals surface area contributed by atoms with Crippen LogP contribution < -0.4 is 11.1 Å². The second kappa shape index (κ2) is 5.44. The summed E-state index contributed by atoms with van der Waals surface area (Å²) in [7, 11) is 0. The largest absolute Gasteiger partial charge is 0.467 e. The number of rotatable bonds is 5. The molecule has 0 unspecified atom stereocenters. The first-order chi connectivity index (χ1) is 6.74. The lowest BCUT2D eigenvalue weighted by atomic mass is 10.2. The highest BCUT2D eigenvalue weighted by Gasteiger charge is 2.10. The molecule has 0 aliphatic rings. The van der Waals surface area contributed by atoms with Gasteiger partial charge in [-0.2, -0.15) is 0 Å². The second-order valence-electron chi connectivity index (χ2n) is 3.20. The van der Waals surface area contributed by atoms with Gasteiger partial charge < -0.3 is 15.5 Å². The molecule has 0 radical (unpaired) electrons. The molecule has 0 bridgehead atoms. The van der Waals surface area contributed by atoms with E-state index >= 15 is 0 Å². The number of furan rings is 1. The maximum absolute atomic E-state index is 11.3. The van der Waals surface area contributed by atoms with Gasteiger partial charge in [-0.25, -0.2) is 0 Å². The normalized spacial score (nSPS) is 12.4. The van der Waals surface area contributed by atoms with E-state index in [1.54, 1.807) is 12.3 Å². The number of carbonyl (C=O) groups excluding carboxylic acids is 1. The predicted molar refractivity (Wildman–Crippen MR) is 53.6 cm³/mol. The van der Waals surface area contributed by atoms with Crippen molar-refractivity contribution in [2.75, 3.05) is 6.54 Å². The molecule has 0 aliphatic heterocycles. The van der Waals surface area contributed by atoms with Gasteiger partial charge in [0.05, 0.1) is 12.3 Å². The molecule has 0 spiro atoms. The summed E-state index contributed by atoms with van der Waals surface area (Å²) < 4.78 is 5.16. The maximum atomic E-state index is 11.3. The van der Waals surface area contributed by atoms with E-state index in [4.69, 9.17) is 10.2 Å². The van der Waals surface area contributed by atoms with Gasteiger partial charge in [-0.3, -0.25) is 4.79 Å². The number of carbonyl (C=O) groups is 1. The minimum atomic E-state index is -0.0738. The summed E-state index contributed by atoms with van der Waals surface area (Å²) in [6, 6.07) is 3.57. The van der Waals surface area contributed by atoms with Crippen molar-refractivity contribution in [2.45, 2.75) is 25.8 Å². The van der Waals surface area contributed by atoms with E-state index in [-0.39, 0.29) is 11.9 Å². The molecule has 1 atom stereocenters. The van der Waals surface area contributed by atoms with Crippen molar-refractivity contribution >= 4 is 5.91 Å². The average Bonchev–Trinajstić information content (AvgIpc) is 2.67. The molecule has 1 rings (SSSR count). The Labute approximate surface area is 83.5 Å². The van der Waals surface area contributed by atoms with E-state index in [0.29, 0.717) is 13.0 Å². The summed E-state index contributed by atoms with van der Waals surface area (Å²) in [6.45, 7) is 2.43. The van der Waals surface area contributed by atoms with Crippen LogP contribution in [0.1, 0.15) is 31.6 Å². The smallest absolute Gasteiger partial charge is 0.220 e. The SMILES string of the molecule is C[C@H](NC(=O)CCCN)c1ccco1. The number of nitrogens with two attached hydrogens (primary N) is 1. The quantitative estimate of drug-likeness (QED) is 0.743. The summed E-state index contributed by atoms with van der Waals surface area (Å²) >= 11 is 0. The lowest BCUT2D eigenvalue weighted by molar-refractivity contribution is -0.121. The van der Waals surface area contributed by atoms with Crippen LogP contribution in [0.5, 0.6) is 0 Å². The van der Waals surface area contributed by atoms with E-state index < -0.39 is 0 Å². The lowest BCUT2D eigenvalue weighted by Gasteiger charge is -2.10. The Balaban J connectivity index is 2.33. The fourth-order valence-corrected chi connectivity index (χ4v) is 1.19. The van der Waals surface area contributed by atoms with E-state index in [9.17, 15) is 4.79 Å². The Kier molecular flexibility index (Phi) is 4.19. The zero-order chi connectivity index (χ0) is 10.4. The molecule has 0 saturated heterocycles. The van der Waals surface area contributed by atoms with Crippen molar-refractivity contribution < 1.29 is 9.21 Å². The third kappa shape index (κ3) is 3.22. The lowest BCUT2D eigenvalue weighted by Crippen LogP contribution is -2.26. The van der Waals surface area contributed by atoms with Gasteiger partial charge in [0.1, 0.15) is 5.76 Å². The van der Waals surface area contributed by atoms with Gasteiger partial charge in [0.2, 0.25) is 5.91 Å². The average molecular weight is 196 g/mol. The Morgan fingerprint density at radius 2 is 2.50 bits per heavy atom. The van der Waals surface area contributed by atoms with Crippen LogP contribution in [0.15, 0.2) is 22.8 Å². The Bertz CT molecular complexity index is 270. The zero-order valence-electron chi connectivity index (χ0n) is 8.32. The van der Waals surface area contributed by atoms with Crippen molar-refractivity contribution in [3.05, 3.63) is 24.2 Å². The Morgan fingerprint density at radius 3 is 3.07 bits per heavy atom. The van der Waals surface area contributed by atoms with Gasteiger partial charge in [-0.1, -0.05) is 0 Å². The summed E-state index contributed by atoms with van der Waals surface area (Å²) in [5, 5.41) is 2.83. The number of hydrogen-bond donors (Lipinski definition) is 2. The minimum absolute atomic E-state index is 0.0133. The van der Waals surface area contributed by atoms with Crippen molar-refractivity contribution in [1.29, 1.82) is 0 Å². The molecule has 1 amide bonds. The van der Waals surface area contributed by atoms with Crippen LogP contribution in [0, 0.1) is 0 Å². The monoisotopic (exact) mass is 196 g/mol. The van der Waals surface area contributed by atoms with Crippen molar-refractivity contribution in [2.24, 2.45) is 5.73 Å². The predicted octanol–water partition coefficient (Wildman–Crippen LogP) is 1.20. The Morgan fingerprint density at radius 1 is 1.71 bits per heavy atom. The number of nitrogens with one attached hydrogen (secondary N) is 1. The van der Waals surface area contributed by atoms with E-state index in [1.807, 2.05) is 13.0 Å². The van der Waals surface area contributed by atoms with Gasteiger partial charge in [0.15, 0.2) is 0 Å². The van der Waals surface area contributed by atoms with E-state index in [1.165, 1.54) is 0 Å². The maximum Gasteiger partial charge on any atom is 0.220 e. The standard InChI is InChI=1S/C10H16N2O2/c1-8(9-4-3-7-14-9)12-10(13)5-2-6-11/h3-4,7-8H,2,5-6,11H2,1H3,(H,12,13)/t8-/m0/s1. The van der Waals surface area contributed by atoms with Crippen LogP contribution in [0.2, 0.25) is 0 Å². The van der Waals surface area contributed by atoms with Crippen LogP contribution in [0.3, 0.4) is 0 Å². The summed E-state index contributed by atoms with van der Waals surface area (Å²) in [6.07, 6.45) is 2.79. The summed E-state index contributed by atoms with van der Waals surface area (Å²) in [4.78, 5) is 11.3. The Hall–Kier alpha value is -1.29. The third-order valence-electron chi connectivity index (χ3n) is 1.96. The molecule has 1 aromatic heterocycles. The van der Waals surface area contributed by atoms with Gasteiger partial charge in [0.25, 0.3) is 0 Å². The molecule has 3 N–H and O–H groups in total. The molecule has 0 aliphatic carbocycles. The molecule has 1 aromatic rings. The highest BCUT2D eigenvalue weighted by molar-refractivity contribution is 5.76. The molecule has 4 heteroatoms.